The van der Waals surface area contributed by atoms with E-state index in [1.807, 2.05) is 24.3 Å². The van der Waals surface area contributed by atoms with Crippen molar-refractivity contribution in [3.8, 4) is 11.5 Å². The van der Waals surface area contributed by atoms with Gasteiger partial charge >= 0.3 is 5.97 Å². The van der Waals surface area contributed by atoms with E-state index in [4.69, 9.17) is 9.47 Å². The maximum absolute atomic E-state index is 13.9. The number of hydrogen-bond acceptors (Lipinski definition) is 7. The topological polar surface area (TPSA) is 98.6 Å². The molecule has 0 unspecified atom stereocenters. The number of nitrogens with zero attached hydrogens (tertiary/aromatic N) is 2. The number of ether oxygens (including phenoxy) is 2. The SMILES string of the molecule is CC(C)(C)c1ccc(C/C(C(=O)c2ccc3c(c2)OCO3)=C(\C(=O)O)c2ccc3nsnc3c2)cc1. The van der Waals surface area contributed by atoms with Gasteiger partial charge in [0.05, 0.1) is 17.3 Å². The number of ketones is 1. The first-order valence-corrected chi connectivity index (χ1v) is 12.2. The second-order valence-corrected chi connectivity index (χ2v) is 10.2. The molecule has 8 heteroatoms. The van der Waals surface area contributed by atoms with E-state index in [-0.39, 0.29) is 35.6 Å². The Bertz CT molecular complexity index is 1510. The van der Waals surface area contributed by atoms with E-state index in [2.05, 4.69) is 29.5 Å². The van der Waals surface area contributed by atoms with Gasteiger partial charge in [0.15, 0.2) is 17.3 Å². The summed E-state index contributed by atoms with van der Waals surface area (Å²) in [5, 5.41) is 10.3. The molecule has 5 rings (SSSR count). The second kappa shape index (κ2) is 9.20. The highest BCUT2D eigenvalue weighted by atomic mass is 32.1. The molecule has 0 saturated heterocycles. The van der Waals surface area contributed by atoms with Gasteiger partial charge in [0.25, 0.3) is 0 Å². The standard InChI is InChI=1S/C28H24N2O5S/c1-28(2,3)19-8-4-16(5-9-19)12-20(26(31)18-7-11-23-24(14-18)35-15-34-23)25(27(32)33)17-6-10-21-22(13-17)30-36-29-21/h4-11,13-14H,12,15H2,1-3H3,(H,32,33)/b25-20+. The lowest BCUT2D eigenvalue weighted by Gasteiger charge is -2.19. The lowest BCUT2D eigenvalue weighted by atomic mass is 9.85. The van der Waals surface area contributed by atoms with Crippen molar-refractivity contribution in [1.29, 1.82) is 0 Å². The van der Waals surface area contributed by atoms with Gasteiger partial charge in [-0.3, -0.25) is 4.79 Å². The number of Topliss-reactive ketones (excluding diaryl/α,β-unsaturated/α-hetero) is 1. The van der Waals surface area contributed by atoms with Crippen LogP contribution in [0.3, 0.4) is 0 Å². The minimum Gasteiger partial charge on any atom is -0.478 e. The van der Waals surface area contributed by atoms with Crippen LogP contribution in [-0.4, -0.2) is 32.4 Å². The molecule has 1 N–H and O–H groups in total. The van der Waals surface area contributed by atoms with Crippen molar-refractivity contribution in [2.45, 2.75) is 32.6 Å². The predicted molar refractivity (Wildman–Crippen MR) is 138 cm³/mol. The van der Waals surface area contributed by atoms with Gasteiger partial charge in [-0.05, 0) is 52.4 Å². The van der Waals surface area contributed by atoms with E-state index in [0.717, 1.165) is 22.9 Å². The number of carboxylic acids is 1. The molecule has 0 radical (unpaired) electrons. The first kappa shape index (κ1) is 23.7. The van der Waals surface area contributed by atoms with Crippen molar-refractivity contribution in [2.75, 3.05) is 6.79 Å². The quantitative estimate of drug-likeness (QED) is 0.269. The average molecular weight is 501 g/mol. The summed E-state index contributed by atoms with van der Waals surface area (Å²) in [6.07, 6.45) is 0.146. The van der Waals surface area contributed by atoms with Crippen LogP contribution in [0.5, 0.6) is 11.5 Å². The van der Waals surface area contributed by atoms with Crippen molar-refractivity contribution in [2.24, 2.45) is 0 Å². The molecule has 1 aromatic heterocycles. The van der Waals surface area contributed by atoms with E-state index in [0.29, 0.717) is 33.7 Å². The summed E-state index contributed by atoms with van der Waals surface area (Å²) < 4.78 is 19.2. The Morgan fingerprint density at radius 3 is 2.31 bits per heavy atom. The zero-order valence-electron chi connectivity index (χ0n) is 20.1. The molecular weight excluding hydrogens is 476 g/mol. The first-order chi connectivity index (χ1) is 17.2. The van der Waals surface area contributed by atoms with Crippen molar-refractivity contribution in [1.82, 2.24) is 8.75 Å². The second-order valence-electron chi connectivity index (χ2n) is 9.65. The molecule has 3 aromatic carbocycles. The number of aromatic nitrogens is 2. The van der Waals surface area contributed by atoms with Crippen molar-refractivity contribution in [3.05, 3.63) is 88.5 Å². The summed E-state index contributed by atoms with van der Waals surface area (Å²) in [5.41, 5.74) is 4.06. The summed E-state index contributed by atoms with van der Waals surface area (Å²) >= 11 is 1.05. The van der Waals surface area contributed by atoms with Gasteiger partial charge in [0, 0.05) is 17.6 Å². The summed E-state index contributed by atoms with van der Waals surface area (Å²) in [5.74, 6) is -0.564. The Balaban J connectivity index is 1.64. The summed E-state index contributed by atoms with van der Waals surface area (Å²) in [6.45, 7) is 6.46. The molecule has 0 amide bonds. The molecule has 0 saturated carbocycles. The molecule has 36 heavy (non-hydrogen) atoms. The van der Waals surface area contributed by atoms with Crippen molar-refractivity contribution >= 4 is 40.1 Å². The Kier molecular flexibility index (Phi) is 6.05. The van der Waals surface area contributed by atoms with E-state index in [9.17, 15) is 14.7 Å². The number of carbonyl (C=O) groups excluding carboxylic acids is 1. The first-order valence-electron chi connectivity index (χ1n) is 11.4. The van der Waals surface area contributed by atoms with Gasteiger partial charge < -0.3 is 14.6 Å². The molecule has 4 aromatic rings. The number of allylic oxidation sites excluding steroid dienone is 1. The molecule has 0 bridgehead atoms. The van der Waals surface area contributed by atoms with Gasteiger partial charge in [0.1, 0.15) is 11.0 Å². The Hall–Kier alpha value is -4.04. The third-order valence-electron chi connectivity index (χ3n) is 6.17. The number of fused-ring (bicyclic) bond motifs is 2. The number of rotatable bonds is 6. The smallest absolute Gasteiger partial charge is 0.336 e. The Morgan fingerprint density at radius 2 is 1.58 bits per heavy atom. The largest absolute Gasteiger partial charge is 0.478 e. The molecule has 0 fully saturated rings. The molecule has 1 aliphatic heterocycles. The molecule has 0 spiro atoms. The summed E-state index contributed by atoms with van der Waals surface area (Å²) in [6, 6.07) is 17.9. The van der Waals surface area contributed by atoms with Crippen molar-refractivity contribution < 1.29 is 24.2 Å². The zero-order valence-corrected chi connectivity index (χ0v) is 20.9. The monoisotopic (exact) mass is 500 g/mol. The van der Waals surface area contributed by atoms with Crippen LogP contribution in [0.25, 0.3) is 16.6 Å². The average Bonchev–Trinajstić information content (AvgIpc) is 3.51. The zero-order chi connectivity index (χ0) is 25.4. The number of carbonyl (C=O) groups is 2. The molecule has 2 heterocycles. The van der Waals surface area contributed by atoms with E-state index >= 15 is 0 Å². The minimum absolute atomic E-state index is 0.0251. The van der Waals surface area contributed by atoms with E-state index < -0.39 is 5.97 Å². The number of carboxylic acid groups (broad SMARTS) is 1. The van der Waals surface area contributed by atoms with Gasteiger partial charge in [-0.25, -0.2) is 4.79 Å². The van der Waals surface area contributed by atoms with Crippen LogP contribution in [0.4, 0.5) is 0 Å². The Labute approximate surface area is 212 Å². The third kappa shape index (κ3) is 4.59. The highest BCUT2D eigenvalue weighted by molar-refractivity contribution is 7.00. The number of benzene rings is 3. The van der Waals surface area contributed by atoms with E-state index in [1.165, 1.54) is 0 Å². The number of hydrogen-bond donors (Lipinski definition) is 1. The third-order valence-corrected chi connectivity index (χ3v) is 6.72. The van der Waals surface area contributed by atoms with Crippen LogP contribution in [0, 0.1) is 0 Å². The van der Waals surface area contributed by atoms with Crippen LogP contribution in [0.2, 0.25) is 0 Å². The molecule has 182 valence electrons. The fourth-order valence-corrected chi connectivity index (χ4v) is 4.70. The summed E-state index contributed by atoms with van der Waals surface area (Å²) in [7, 11) is 0. The molecule has 7 nitrogen and oxygen atoms in total. The maximum atomic E-state index is 13.9. The van der Waals surface area contributed by atoms with Gasteiger partial charge in [0.2, 0.25) is 6.79 Å². The van der Waals surface area contributed by atoms with Gasteiger partial charge in [-0.15, -0.1) is 0 Å². The predicted octanol–water partition coefficient (Wildman–Crippen LogP) is 5.68. The fourth-order valence-electron chi connectivity index (χ4n) is 4.19. The molecule has 1 aliphatic rings. The van der Waals surface area contributed by atoms with Gasteiger partial charge in [-0.1, -0.05) is 51.1 Å². The molecular formula is C28H24N2O5S. The molecule has 0 atom stereocenters. The Morgan fingerprint density at radius 1 is 0.889 bits per heavy atom. The lowest BCUT2D eigenvalue weighted by Crippen LogP contribution is -2.14. The van der Waals surface area contributed by atoms with Crippen LogP contribution in [0.1, 0.15) is 47.8 Å². The fraction of sp³-hybridized carbons (Fsp3) is 0.214. The van der Waals surface area contributed by atoms with Crippen LogP contribution in [-0.2, 0) is 16.6 Å². The van der Waals surface area contributed by atoms with Crippen molar-refractivity contribution in [3.63, 3.8) is 0 Å². The lowest BCUT2D eigenvalue weighted by molar-refractivity contribution is -0.130. The highest BCUT2D eigenvalue weighted by Crippen LogP contribution is 2.35. The number of aliphatic carboxylic acids is 1. The minimum atomic E-state index is -1.19. The normalized spacial score (nSPS) is 13.5. The van der Waals surface area contributed by atoms with Crippen LogP contribution in [0.15, 0.2) is 66.2 Å². The van der Waals surface area contributed by atoms with Gasteiger partial charge in [-0.2, -0.15) is 8.75 Å². The summed E-state index contributed by atoms with van der Waals surface area (Å²) in [4.78, 5) is 26.5. The van der Waals surface area contributed by atoms with Crippen LogP contribution < -0.4 is 9.47 Å². The maximum Gasteiger partial charge on any atom is 0.336 e. The van der Waals surface area contributed by atoms with E-state index in [1.54, 1.807) is 36.4 Å². The highest BCUT2D eigenvalue weighted by Gasteiger charge is 2.26. The molecule has 0 aliphatic carbocycles. The van der Waals surface area contributed by atoms with Crippen LogP contribution >= 0.6 is 11.7 Å².